The number of non-ortho nitro benzene ring substituents is 1. The first-order valence-corrected chi connectivity index (χ1v) is 8.99. The number of nitrogens with one attached hydrogen (secondary N) is 1. The maximum absolute atomic E-state index is 11.3. The minimum absolute atomic E-state index is 0.00706. The fourth-order valence-electron chi connectivity index (χ4n) is 3.95. The Morgan fingerprint density at radius 3 is 2.73 bits per heavy atom. The molecule has 134 valence electrons. The lowest BCUT2D eigenvalue weighted by molar-refractivity contribution is -0.385. The first-order valence-electron chi connectivity index (χ1n) is 8.24. The predicted molar refractivity (Wildman–Crippen MR) is 102 cm³/mol. The molecule has 0 saturated carbocycles. The lowest BCUT2D eigenvalue weighted by Gasteiger charge is -2.38. The summed E-state index contributed by atoms with van der Waals surface area (Å²) < 4.78 is 5.44. The van der Waals surface area contributed by atoms with Gasteiger partial charge in [0.25, 0.3) is 5.69 Å². The van der Waals surface area contributed by atoms with Gasteiger partial charge in [-0.05, 0) is 35.6 Å². The molecule has 0 aromatic heterocycles. The second-order valence-electron chi connectivity index (χ2n) is 6.52. The Bertz CT molecular complexity index is 929. The van der Waals surface area contributed by atoms with E-state index in [-0.39, 0.29) is 28.5 Å². The normalized spacial score (nSPS) is 23.1. The van der Waals surface area contributed by atoms with Crippen molar-refractivity contribution in [2.75, 3.05) is 12.4 Å². The van der Waals surface area contributed by atoms with E-state index in [4.69, 9.17) is 27.9 Å². The van der Waals surface area contributed by atoms with Crippen molar-refractivity contribution < 1.29 is 9.66 Å². The molecule has 0 amide bonds. The number of allylic oxidation sites excluding steroid dienone is 2. The van der Waals surface area contributed by atoms with Gasteiger partial charge < -0.3 is 10.1 Å². The largest absolute Gasteiger partial charge is 0.494 e. The van der Waals surface area contributed by atoms with E-state index in [1.807, 2.05) is 12.1 Å². The van der Waals surface area contributed by atoms with Crippen LogP contribution in [0.1, 0.15) is 29.5 Å². The summed E-state index contributed by atoms with van der Waals surface area (Å²) in [6, 6.07) is 8.73. The number of hydrogen-bond donors (Lipinski definition) is 1. The van der Waals surface area contributed by atoms with E-state index in [9.17, 15) is 10.1 Å². The van der Waals surface area contributed by atoms with Crippen LogP contribution in [0, 0.1) is 16.0 Å². The molecule has 1 aliphatic heterocycles. The third-order valence-corrected chi connectivity index (χ3v) is 5.89. The van der Waals surface area contributed by atoms with Crippen molar-refractivity contribution in [2.45, 2.75) is 18.4 Å². The number of halogens is 2. The van der Waals surface area contributed by atoms with Crippen LogP contribution in [0.15, 0.2) is 42.5 Å². The smallest absolute Gasteiger partial charge is 0.273 e. The monoisotopic (exact) mass is 390 g/mol. The highest BCUT2D eigenvalue weighted by Crippen LogP contribution is 2.53. The summed E-state index contributed by atoms with van der Waals surface area (Å²) in [6.07, 6.45) is 5.13. The van der Waals surface area contributed by atoms with E-state index >= 15 is 0 Å². The molecule has 0 saturated heterocycles. The van der Waals surface area contributed by atoms with Crippen molar-refractivity contribution in [3.8, 4) is 5.75 Å². The predicted octanol–water partition coefficient (Wildman–Crippen LogP) is 5.74. The van der Waals surface area contributed by atoms with Crippen molar-refractivity contribution in [1.82, 2.24) is 0 Å². The highest BCUT2D eigenvalue weighted by atomic mass is 35.5. The van der Waals surface area contributed by atoms with Gasteiger partial charge in [0.15, 0.2) is 0 Å². The molecule has 0 spiro atoms. The molecule has 1 heterocycles. The van der Waals surface area contributed by atoms with Gasteiger partial charge in [-0.3, -0.25) is 10.1 Å². The highest BCUT2D eigenvalue weighted by Gasteiger charge is 2.40. The molecule has 4 rings (SSSR count). The Morgan fingerprint density at radius 2 is 2.04 bits per heavy atom. The molecular formula is C19H16Cl2N2O3. The SMILES string of the molecule is COc1cc([N+](=O)[O-])cc2c1N[C@H](c1ccc(Cl)c(Cl)c1)[C@H]1CC=C[C@@H]21. The maximum Gasteiger partial charge on any atom is 0.273 e. The van der Waals surface area contributed by atoms with Gasteiger partial charge in [0.2, 0.25) is 0 Å². The van der Waals surface area contributed by atoms with Gasteiger partial charge in [-0.1, -0.05) is 41.4 Å². The molecule has 26 heavy (non-hydrogen) atoms. The first-order chi connectivity index (χ1) is 12.5. The van der Waals surface area contributed by atoms with Crippen molar-refractivity contribution in [2.24, 2.45) is 5.92 Å². The minimum Gasteiger partial charge on any atom is -0.494 e. The number of fused-ring (bicyclic) bond motifs is 3. The van der Waals surface area contributed by atoms with E-state index < -0.39 is 0 Å². The van der Waals surface area contributed by atoms with Crippen molar-refractivity contribution >= 4 is 34.6 Å². The van der Waals surface area contributed by atoms with Crippen LogP contribution in [0.3, 0.4) is 0 Å². The number of methoxy groups -OCH3 is 1. The molecular weight excluding hydrogens is 375 g/mol. The van der Waals surface area contributed by atoms with Crippen molar-refractivity contribution in [3.63, 3.8) is 0 Å². The second-order valence-corrected chi connectivity index (χ2v) is 7.33. The molecule has 0 fully saturated rings. The van der Waals surface area contributed by atoms with Crippen LogP contribution < -0.4 is 10.1 Å². The second kappa shape index (κ2) is 6.49. The first kappa shape index (κ1) is 17.2. The van der Waals surface area contributed by atoms with E-state index in [0.29, 0.717) is 15.8 Å². The van der Waals surface area contributed by atoms with E-state index in [1.165, 1.54) is 13.2 Å². The van der Waals surface area contributed by atoms with Crippen LogP contribution in [0.5, 0.6) is 5.75 Å². The summed E-state index contributed by atoms with van der Waals surface area (Å²) in [5.41, 5.74) is 2.76. The Morgan fingerprint density at radius 1 is 1.23 bits per heavy atom. The number of nitrogens with zero attached hydrogens (tertiary/aromatic N) is 1. The van der Waals surface area contributed by atoms with Gasteiger partial charge in [-0.15, -0.1) is 0 Å². The zero-order valence-electron chi connectivity index (χ0n) is 13.9. The number of nitro benzene ring substituents is 1. The summed E-state index contributed by atoms with van der Waals surface area (Å²) >= 11 is 12.3. The summed E-state index contributed by atoms with van der Waals surface area (Å²) in [6.45, 7) is 0. The quantitative estimate of drug-likeness (QED) is 0.412. The fraction of sp³-hybridized carbons (Fsp3) is 0.263. The lowest BCUT2D eigenvalue weighted by Crippen LogP contribution is -2.29. The lowest BCUT2D eigenvalue weighted by atomic mass is 9.76. The summed E-state index contributed by atoms with van der Waals surface area (Å²) in [5, 5.41) is 15.8. The Labute approximate surface area is 160 Å². The number of nitro groups is 1. The number of hydrogen-bond acceptors (Lipinski definition) is 4. The van der Waals surface area contributed by atoms with E-state index in [0.717, 1.165) is 23.2 Å². The Kier molecular flexibility index (Phi) is 4.29. The molecule has 2 aromatic carbocycles. The average molecular weight is 391 g/mol. The molecule has 1 N–H and O–H groups in total. The third kappa shape index (κ3) is 2.72. The minimum atomic E-state index is -0.387. The molecule has 0 bridgehead atoms. The number of benzene rings is 2. The average Bonchev–Trinajstić information content (AvgIpc) is 3.12. The van der Waals surface area contributed by atoms with E-state index in [2.05, 4.69) is 17.5 Å². The van der Waals surface area contributed by atoms with Gasteiger partial charge in [0, 0.05) is 12.0 Å². The highest BCUT2D eigenvalue weighted by molar-refractivity contribution is 6.42. The topological polar surface area (TPSA) is 64.4 Å². The third-order valence-electron chi connectivity index (χ3n) is 5.15. The molecule has 2 aromatic rings. The van der Waals surface area contributed by atoms with Gasteiger partial charge in [-0.25, -0.2) is 0 Å². The fourth-order valence-corrected chi connectivity index (χ4v) is 4.26. The summed E-state index contributed by atoms with van der Waals surface area (Å²) in [5.74, 6) is 0.795. The van der Waals surface area contributed by atoms with Gasteiger partial charge >= 0.3 is 0 Å². The zero-order valence-corrected chi connectivity index (χ0v) is 15.4. The van der Waals surface area contributed by atoms with Gasteiger partial charge in [0.05, 0.1) is 39.9 Å². The van der Waals surface area contributed by atoms with Crippen molar-refractivity contribution in [1.29, 1.82) is 0 Å². The van der Waals surface area contributed by atoms with Crippen LogP contribution >= 0.6 is 23.2 Å². The molecule has 0 radical (unpaired) electrons. The Balaban J connectivity index is 1.84. The molecule has 5 nitrogen and oxygen atoms in total. The molecule has 2 aliphatic rings. The van der Waals surface area contributed by atoms with Crippen LogP contribution in [0.4, 0.5) is 11.4 Å². The number of anilines is 1. The Hall–Kier alpha value is -2.24. The summed E-state index contributed by atoms with van der Waals surface area (Å²) in [4.78, 5) is 10.9. The van der Waals surface area contributed by atoms with Crippen LogP contribution in [-0.4, -0.2) is 12.0 Å². The number of rotatable bonds is 3. The molecule has 3 atom stereocenters. The standard InChI is InChI=1S/C19H16Cl2N2O3/c1-26-17-9-11(23(24)25)8-14-12-3-2-4-13(12)18(22-19(14)17)10-5-6-15(20)16(21)7-10/h2-3,5-9,12-13,18,22H,4H2,1H3/t12-,13+,18-/m1/s1. The van der Waals surface area contributed by atoms with Gasteiger partial charge in [0.1, 0.15) is 5.75 Å². The van der Waals surface area contributed by atoms with Gasteiger partial charge in [-0.2, -0.15) is 0 Å². The van der Waals surface area contributed by atoms with Crippen molar-refractivity contribution in [3.05, 3.63) is 73.8 Å². The van der Waals surface area contributed by atoms with E-state index in [1.54, 1.807) is 12.1 Å². The molecule has 1 aliphatic carbocycles. The molecule has 7 heteroatoms. The van der Waals surface area contributed by atoms with Crippen LogP contribution in [0.2, 0.25) is 10.0 Å². The van der Waals surface area contributed by atoms with Crippen LogP contribution in [-0.2, 0) is 0 Å². The summed E-state index contributed by atoms with van der Waals surface area (Å²) in [7, 11) is 1.52. The molecule has 0 unspecified atom stereocenters. The number of ether oxygens (including phenoxy) is 1. The van der Waals surface area contributed by atoms with Crippen LogP contribution in [0.25, 0.3) is 0 Å². The maximum atomic E-state index is 11.3. The zero-order chi connectivity index (χ0) is 18.4.